The van der Waals surface area contributed by atoms with Crippen molar-refractivity contribution in [3.05, 3.63) is 96.4 Å². The Hall–Kier alpha value is -4.33. The highest BCUT2D eigenvalue weighted by Gasteiger charge is 2.30. The Morgan fingerprint density at radius 2 is 1.56 bits per heavy atom. The molecule has 0 amide bonds. The van der Waals surface area contributed by atoms with Crippen molar-refractivity contribution in [3.63, 3.8) is 0 Å². The van der Waals surface area contributed by atoms with Gasteiger partial charge >= 0.3 is 6.18 Å². The van der Waals surface area contributed by atoms with E-state index >= 15 is 0 Å². The Labute approximate surface area is 193 Å². The molecule has 8 heteroatoms. The number of pyridine rings is 2. The van der Waals surface area contributed by atoms with Crippen LogP contribution in [0.5, 0.6) is 0 Å². The van der Waals surface area contributed by atoms with E-state index in [-0.39, 0.29) is 0 Å². The molecule has 5 nitrogen and oxygen atoms in total. The number of fused-ring (bicyclic) bond motifs is 1. The predicted octanol–water partition coefficient (Wildman–Crippen LogP) is 6.82. The third-order valence-corrected chi connectivity index (χ3v) is 5.39. The van der Waals surface area contributed by atoms with Crippen LogP contribution in [0.3, 0.4) is 0 Å². The lowest BCUT2D eigenvalue weighted by Gasteiger charge is -2.13. The lowest BCUT2D eigenvalue weighted by Crippen LogP contribution is -2.05. The largest absolute Gasteiger partial charge is 0.416 e. The zero-order chi connectivity index (χ0) is 23.7. The first-order valence-corrected chi connectivity index (χ1v) is 10.5. The molecule has 5 rings (SSSR count). The molecule has 0 aliphatic rings. The van der Waals surface area contributed by atoms with Gasteiger partial charge in [-0.2, -0.15) is 13.2 Å². The van der Waals surface area contributed by atoms with Crippen molar-refractivity contribution >= 4 is 22.4 Å². The normalized spacial score (nSPS) is 11.5. The van der Waals surface area contributed by atoms with Gasteiger partial charge in [0.25, 0.3) is 0 Å². The summed E-state index contributed by atoms with van der Waals surface area (Å²) in [6.45, 7) is 1.99. The maximum atomic E-state index is 13.0. The van der Waals surface area contributed by atoms with Crippen LogP contribution in [0, 0.1) is 6.92 Å². The molecule has 34 heavy (non-hydrogen) atoms. The second-order valence-corrected chi connectivity index (χ2v) is 7.73. The quantitative estimate of drug-likeness (QED) is 0.321. The first-order chi connectivity index (χ1) is 16.4. The number of benzene rings is 2. The second-order valence-electron chi connectivity index (χ2n) is 7.73. The first kappa shape index (κ1) is 21.5. The average molecular weight is 457 g/mol. The lowest BCUT2D eigenvalue weighted by molar-refractivity contribution is -0.137. The summed E-state index contributed by atoms with van der Waals surface area (Å²) < 4.78 is 38.9. The van der Waals surface area contributed by atoms with Crippen LogP contribution < -0.4 is 5.32 Å². The lowest BCUT2D eigenvalue weighted by atomic mass is 10.0. The highest BCUT2D eigenvalue weighted by molar-refractivity contribution is 5.94. The SMILES string of the molecule is Cc1cccnc1-c1ccc2c(Nc3ccc(C(F)(F)F)cc3)nc(-c3ccncc3)nc2c1. The fourth-order valence-electron chi connectivity index (χ4n) is 3.67. The monoisotopic (exact) mass is 457 g/mol. The van der Waals surface area contributed by atoms with Crippen molar-refractivity contribution in [1.29, 1.82) is 0 Å². The number of alkyl halides is 3. The molecule has 3 heterocycles. The van der Waals surface area contributed by atoms with Crippen LogP contribution >= 0.6 is 0 Å². The summed E-state index contributed by atoms with van der Waals surface area (Å²) in [5.41, 5.74) is 4.02. The molecule has 0 unspecified atom stereocenters. The van der Waals surface area contributed by atoms with E-state index in [4.69, 9.17) is 4.98 Å². The van der Waals surface area contributed by atoms with Gasteiger partial charge in [0.1, 0.15) is 5.82 Å². The van der Waals surface area contributed by atoms with Crippen LogP contribution in [-0.4, -0.2) is 19.9 Å². The Balaban J connectivity index is 1.63. The zero-order valence-electron chi connectivity index (χ0n) is 18.0. The first-order valence-electron chi connectivity index (χ1n) is 10.5. The Morgan fingerprint density at radius 1 is 0.794 bits per heavy atom. The highest BCUT2D eigenvalue weighted by atomic mass is 19.4. The standard InChI is InChI=1S/C26H18F3N5/c1-16-3-2-12-31-23(16)18-4-9-21-22(15-18)33-24(17-10-13-30-14-11-17)34-25(21)32-20-7-5-19(6-8-20)26(27,28)29/h2-15H,1H3,(H,32,33,34). The van der Waals surface area contributed by atoms with Crippen LogP contribution in [0.1, 0.15) is 11.1 Å². The smallest absolute Gasteiger partial charge is 0.340 e. The van der Waals surface area contributed by atoms with Crippen molar-refractivity contribution < 1.29 is 13.2 Å². The van der Waals surface area contributed by atoms with Crippen LogP contribution in [0.25, 0.3) is 33.5 Å². The van der Waals surface area contributed by atoms with E-state index in [0.29, 0.717) is 22.8 Å². The molecule has 0 saturated carbocycles. The number of aromatic nitrogens is 4. The van der Waals surface area contributed by atoms with Crippen molar-refractivity contribution in [3.8, 4) is 22.6 Å². The van der Waals surface area contributed by atoms with Gasteiger partial charge in [0.2, 0.25) is 0 Å². The molecule has 168 valence electrons. The molecule has 1 N–H and O–H groups in total. The summed E-state index contributed by atoms with van der Waals surface area (Å²) in [7, 11) is 0. The fourth-order valence-corrected chi connectivity index (χ4v) is 3.67. The van der Waals surface area contributed by atoms with Gasteiger partial charge in [0, 0.05) is 40.8 Å². The van der Waals surface area contributed by atoms with Gasteiger partial charge in [-0.25, -0.2) is 9.97 Å². The van der Waals surface area contributed by atoms with Crippen LogP contribution in [0.4, 0.5) is 24.7 Å². The molecule has 3 aromatic heterocycles. The summed E-state index contributed by atoms with van der Waals surface area (Å²) in [6.07, 6.45) is 0.653. The number of hydrogen-bond acceptors (Lipinski definition) is 5. The van der Waals surface area contributed by atoms with Crippen LogP contribution in [-0.2, 0) is 6.18 Å². The van der Waals surface area contributed by atoms with E-state index in [0.717, 1.165) is 39.9 Å². The number of nitrogens with zero attached hydrogens (tertiary/aromatic N) is 4. The number of aryl methyl sites for hydroxylation is 1. The molecule has 0 atom stereocenters. The van der Waals surface area contributed by atoms with E-state index in [1.807, 2.05) is 37.3 Å². The van der Waals surface area contributed by atoms with Gasteiger partial charge < -0.3 is 5.32 Å². The van der Waals surface area contributed by atoms with E-state index in [1.165, 1.54) is 12.1 Å². The number of halogens is 3. The Morgan fingerprint density at radius 3 is 2.26 bits per heavy atom. The van der Waals surface area contributed by atoms with E-state index < -0.39 is 11.7 Å². The van der Waals surface area contributed by atoms with Crippen LogP contribution in [0.15, 0.2) is 85.3 Å². The van der Waals surface area contributed by atoms with Crippen molar-refractivity contribution in [2.45, 2.75) is 13.1 Å². The van der Waals surface area contributed by atoms with Gasteiger partial charge in [-0.05, 0) is 67.1 Å². The van der Waals surface area contributed by atoms with E-state index in [9.17, 15) is 13.2 Å². The topological polar surface area (TPSA) is 63.6 Å². The minimum absolute atomic E-state index is 0.471. The minimum atomic E-state index is -4.39. The summed E-state index contributed by atoms with van der Waals surface area (Å²) in [5.74, 6) is 0.958. The molecule has 0 bridgehead atoms. The van der Waals surface area contributed by atoms with E-state index in [1.54, 1.807) is 30.7 Å². The summed E-state index contributed by atoms with van der Waals surface area (Å²) in [5, 5.41) is 3.89. The van der Waals surface area contributed by atoms with Gasteiger partial charge in [-0.3, -0.25) is 9.97 Å². The Bertz CT molecular complexity index is 1470. The fraction of sp³-hybridized carbons (Fsp3) is 0.0769. The third kappa shape index (κ3) is 4.30. The Kier molecular flexibility index (Phi) is 5.41. The molecule has 0 fully saturated rings. The summed E-state index contributed by atoms with van der Waals surface area (Å²) >= 11 is 0. The van der Waals surface area contributed by atoms with Gasteiger partial charge in [-0.15, -0.1) is 0 Å². The van der Waals surface area contributed by atoms with Gasteiger partial charge in [0.05, 0.1) is 16.8 Å². The number of anilines is 2. The predicted molar refractivity (Wildman–Crippen MR) is 125 cm³/mol. The number of hydrogen-bond donors (Lipinski definition) is 1. The van der Waals surface area contributed by atoms with Crippen molar-refractivity contribution in [2.75, 3.05) is 5.32 Å². The molecule has 0 aliphatic heterocycles. The van der Waals surface area contributed by atoms with Crippen LogP contribution in [0.2, 0.25) is 0 Å². The molecule has 0 aliphatic carbocycles. The molecular weight excluding hydrogens is 439 g/mol. The summed E-state index contributed by atoms with van der Waals surface area (Å²) in [6, 6.07) is 18.1. The molecule has 0 spiro atoms. The van der Waals surface area contributed by atoms with Crippen molar-refractivity contribution in [1.82, 2.24) is 19.9 Å². The van der Waals surface area contributed by atoms with E-state index in [2.05, 4.69) is 20.3 Å². The maximum absolute atomic E-state index is 13.0. The molecular formula is C26H18F3N5. The number of rotatable bonds is 4. The maximum Gasteiger partial charge on any atom is 0.416 e. The second kappa shape index (κ2) is 8.55. The van der Waals surface area contributed by atoms with Crippen molar-refractivity contribution in [2.24, 2.45) is 0 Å². The average Bonchev–Trinajstić information content (AvgIpc) is 2.84. The van der Waals surface area contributed by atoms with Gasteiger partial charge in [0.15, 0.2) is 5.82 Å². The molecule has 5 aromatic rings. The molecule has 0 radical (unpaired) electrons. The molecule has 2 aromatic carbocycles. The van der Waals surface area contributed by atoms with Gasteiger partial charge in [-0.1, -0.05) is 12.1 Å². The zero-order valence-corrected chi connectivity index (χ0v) is 18.0. The summed E-state index contributed by atoms with van der Waals surface area (Å²) in [4.78, 5) is 18.0. The minimum Gasteiger partial charge on any atom is -0.340 e. The highest BCUT2D eigenvalue weighted by Crippen LogP contribution is 2.33. The number of nitrogens with one attached hydrogen (secondary N) is 1. The molecule has 0 saturated heterocycles. The third-order valence-electron chi connectivity index (χ3n) is 5.39.